The van der Waals surface area contributed by atoms with Crippen LogP contribution in [0.3, 0.4) is 0 Å². The molecular formula is C10H19NO5. The monoisotopic (exact) mass is 233 g/mol. The molecule has 6 nitrogen and oxygen atoms in total. The maximum atomic E-state index is 10.3. The van der Waals surface area contributed by atoms with Crippen molar-refractivity contribution >= 4 is 12.2 Å². The Morgan fingerprint density at radius 2 is 1.44 bits per heavy atom. The van der Waals surface area contributed by atoms with Gasteiger partial charge < -0.3 is 24.7 Å². The smallest absolute Gasteiger partial charge is 0.219 e. The second kappa shape index (κ2) is 12.1. The minimum Gasteiger partial charge on any atom is -0.379 e. The van der Waals surface area contributed by atoms with Crippen LogP contribution in [0.15, 0.2) is 0 Å². The first-order chi connectivity index (χ1) is 7.77. The number of primary amides is 1. The number of hydrogen-bond donors (Lipinski definition) is 1. The first-order valence-corrected chi connectivity index (χ1v) is 5.22. The molecule has 6 heteroatoms. The van der Waals surface area contributed by atoms with Gasteiger partial charge in [0.2, 0.25) is 5.91 Å². The molecule has 0 aliphatic carbocycles. The van der Waals surface area contributed by atoms with Crippen LogP contribution in [-0.4, -0.2) is 51.8 Å². The van der Waals surface area contributed by atoms with Crippen LogP contribution in [0.4, 0.5) is 0 Å². The van der Waals surface area contributed by atoms with Crippen molar-refractivity contribution in [3.05, 3.63) is 0 Å². The number of nitrogens with two attached hydrogens (primary N) is 1. The number of aldehydes is 1. The average Bonchev–Trinajstić information content (AvgIpc) is 2.25. The van der Waals surface area contributed by atoms with Gasteiger partial charge in [-0.1, -0.05) is 0 Å². The van der Waals surface area contributed by atoms with E-state index in [-0.39, 0.29) is 12.3 Å². The summed E-state index contributed by atoms with van der Waals surface area (Å²) in [5, 5.41) is 0. The van der Waals surface area contributed by atoms with Crippen molar-refractivity contribution in [3.8, 4) is 0 Å². The molecule has 0 aromatic carbocycles. The van der Waals surface area contributed by atoms with E-state index in [1.807, 2.05) is 0 Å². The third kappa shape index (κ3) is 13.0. The lowest BCUT2D eigenvalue weighted by Crippen LogP contribution is -2.15. The summed E-state index contributed by atoms with van der Waals surface area (Å²) >= 11 is 0. The van der Waals surface area contributed by atoms with Crippen LogP contribution in [-0.2, 0) is 23.8 Å². The van der Waals surface area contributed by atoms with Crippen molar-refractivity contribution in [1.82, 2.24) is 0 Å². The van der Waals surface area contributed by atoms with Gasteiger partial charge in [-0.05, 0) is 0 Å². The van der Waals surface area contributed by atoms with E-state index in [1.165, 1.54) is 0 Å². The summed E-state index contributed by atoms with van der Waals surface area (Å²) in [6, 6.07) is 0. The number of amides is 1. The summed E-state index contributed by atoms with van der Waals surface area (Å²) in [6.07, 6.45) is 1.46. The molecule has 0 saturated heterocycles. The SMILES string of the molecule is NC(=O)CCOCCOCCOCCC=O. The van der Waals surface area contributed by atoms with Gasteiger partial charge in [-0.25, -0.2) is 0 Å². The summed E-state index contributed by atoms with van der Waals surface area (Å²) in [6.45, 7) is 2.58. The molecule has 0 spiro atoms. The topological polar surface area (TPSA) is 87.9 Å². The van der Waals surface area contributed by atoms with Crippen LogP contribution in [0.1, 0.15) is 12.8 Å². The van der Waals surface area contributed by atoms with E-state index in [2.05, 4.69) is 0 Å². The van der Waals surface area contributed by atoms with Crippen LogP contribution in [0, 0.1) is 0 Å². The van der Waals surface area contributed by atoms with E-state index in [0.717, 1.165) is 6.29 Å². The molecule has 0 aromatic rings. The fourth-order valence-corrected chi connectivity index (χ4v) is 0.846. The maximum absolute atomic E-state index is 10.3. The van der Waals surface area contributed by atoms with Gasteiger partial charge in [-0.2, -0.15) is 0 Å². The first-order valence-electron chi connectivity index (χ1n) is 5.22. The molecule has 0 aromatic heterocycles. The van der Waals surface area contributed by atoms with E-state index < -0.39 is 0 Å². The zero-order chi connectivity index (χ0) is 12.1. The number of carbonyl (C=O) groups excluding carboxylic acids is 2. The summed E-state index contributed by atoms with van der Waals surface area (Å²) in [5.74, 6) is -0.371. The Labute approximate surface area is 95.0 Å². The first kappa shape index (κ1) is 15.0. The third-order valence-corrected chi connectivity index (χ3v) is 1.62. The highest BCUT2D eigenvalue weighted by Crippen LogP contribution is 1.84. The standard InChI is InChI=1S/C10H19NO5/c11-10(13)2-5-15-7-9-16-8-6-14-4-1-3-12/h3H,1-2,4-9H2,(H2,11,13). The lowest BCUT2D eigenvalue weighted by molar-refractivity contribution is -0.119. The second-order valence-electron chi connectivity index (χ2n) is 3.01. The van der Waals surface area contributed by atoms with E-state index in [1.54, 1.807) is 0 Å². The van der Waals surface area contributed by atoms with Crippen LogP contribution < -0.4 is 5.73 Å². The molecule has 0 rings (SSSR count). The van der Waals surface area contributed by atoms with Crippen molar-refractivity contribution in [2.45, 2.75) is 12.8 Å². The molecule has 1 amide bonds. The zero-order valence-corrected chi connectivity index (χ0v) is 9.35. The molecule has 0 unspecified atom stereocenters. The number of carbonyl (C=O) groups is 2. The summed E-state index contributed by atoms with van der Waals surface area (Å²) in [4.78, 5) is 20.3. The lowest BCUT2D eigenvalue weighted by atomic mass is 10.4. The fraction of sp³-hybridized carbons (Fsp3) is 0.800. The number of hydrogen-bond acceptors (Lipinski definition) is 5. The van der Waals surface area contributed by atoms with E-state index >= 15 is 0 Å². The molecule has 0 radical (unpaired) electrons. The van der Waals surface area contributed by atoms with Crippen LogP contribution >= 0.6 is 0 Å². The Morgan fingerprint density at radius 1 is 0.938 bits per heavy atom. The normalized spacial score (nSPS) is 10.2. The van der Waals surface area contributed by atoms with Crippen molar-refractivity contribution in [2.24, 2.45) is 5.73 Å². The highest BCUT2D eigenvalue weighted by Gasteiger charge is 1.94. The molecule has 2 N–H and O–H groups in total. The Kier molecular flexibility index (Phi) is 11.4. The van der Waals surface area contributed by atoms with Gasteiger partial charge in [0.25, 0.3) is 0 Å². The summed E-state index contributed by atoms with van der Waals surface area (Å²) < 4.78 is 15.3. The molecule has 0 heterocycles. The van der Waals surface area contributed by atoms with Crippen LogP contribution in [0.2, 0.25) is 0 Å². The third-order valence-electron chi connectivity index (χ3n) is 1.62. The number of ether oxygens (including phenoxy) is 3. The predicted octanol–water partition coefficient (Wildman–Crippen LogP) is -0.499. The second-order valence-corrected chi connectivity index (χ2v) is 3.01. The Morgan fingerprint density at radius 3 is 1.94 bits per heavy atom. The summed E-state index contributed by atoms with van der Waals surface area (Å²) in [5.41, 5.74) is 4.92. The van der Waals surface area contributed by atoms with Gasteiger partial charge in [0.1, 0.15) is 6.29 Å². The summed E-state index contributed by atoms with van der Waals surface area (Å²) in [7, 11) is 0. The van der Waals surface area contributed by atoms with Crippen molar-refractivity contribution < 1.29 is 23.8 Å². The molecular weight excluding hydrogens is 214 g/mol. The predicted molar refractivity (Wildman–Crippen MR) is 56.9 cm³/mol. The molecule has 0 fully saturated rings. The van der Waals surface area contributed by atoms with Gasteiger partial charge in [-0.15, -0.1) is 0 Å². The van der Waals surface area contributed by atoms with Gasteiger partial charge in [0.05, 0.1) is 39.6 Å². The van der Waals surface area contributed by atoms with Gasteiger partial charge in [0.15, 0.2) is 0 Å². The molecule has 16 heavy (non-hydrogen) atoms. The van der Waals surface area contributed by atoms with E-state index in [4.69, 9.17) is 19.9 Å². The van der Waals surface area contributed by atoms with Gasteiger partial charge in [0, 0.05) is 12.8 Å². The van der Waals surface area contributed by atoms with Gasteiger partial charge in [-0.3, -0.25) is 4.79 Å². The van der Waals surface area contributed by atoms with Crippen LogP contribution in [0.25, 0.3) is 0 Å². The fourth-order valence-electron chi connectivity index (χ4n) is 0.846. The molecule has 0 atom stereocenters. The van der Waals surface area contributed by atoms with Crippen molar-refractivity contribution in [2.75, 3.05) is 39.6 Å². The minimum atomic E-state index is -0.371. The van der Waals surface area contributed by atoms with E-state index in [9.17, 15) is 9.59 Å². The maximum Gasteiger partial charge on any atom is 0.219 e. The van der Waals surface area contributed by atoms with Gasteiger partial charge >= 0.3 is 0 Å². The Bertz CT molecular complexity index is 186. The molecule has 94 valence electrons. The highest BCUT2D eigenvalue weighted by atomic mass is 16.5. The van der Waals surface area contributed by atoms with Crippen molar-refractivity contribution in [3.63, 3.8) is 0 Å². The zero-order valence-electron chi connectivity index (χ0n) is 9.35. The number of rotatable bonds is 12. The lowest BCUT2D eigenvalue weighted by Gasteiger charge is -2.05. The van der Waals surface area contributed by atoms with Crippen molar-refractivity contribution in [1.29, 1.82) is 0 Å². The molecule has 0 aliphatic rings. The molecule has 0 aliphatic heterocycles. The minimum absolute atomic E-state index is 0.231. The molecule has 0 saturated carbocycles. The Balaban J connectivity index is 2.93. The average molecular weight is 233 g/mol. The quantitative estimate of drug-likeness (QED) is 0.362. The molecule has 0 bridgehead atoms. The van der Waals surface area contributed by atoms with E-state index in [0.29, 0.717) is 46.1 Å². The largest absolute Gasteiger partial charge is 0.379 e. The Hall–Kier alpha value is -0.980. The highest BCUT2D eigenvalue weighted by molar-refractivity contribution is 5.73. The van der Waals surface area contributed by atoms with Crippen LogP contribution in [0.5, 0.6) is 0 Å².